The topological polar surface area (TPSA) is 96.2 Å². The van der Waals surface area contributed by atoms with E-state index in [0.29, 0.717) is 11.3 Å². The highest BCUT2D eigenvalue weighted by Crippen LogP contribution is 2.21. The Morgan fingerprint density at radius 1 is 1.25 bits per heavy atom. The van der Waals surface area contributed by atoms with E-state index in [1.54, 1.807) is 24.3 Å². The molecule has 6 nitrogen and oxygen atoms in total. The molecular weight excluding hydrogens is 264 g/mol. The van der Waals surface area contributed by atoms with Gasteiger partial charge in [0.1, 0.15) is 24.1 Å². The lowest BCUT2D eigenvalue weighted by Gasteiger charge is -2.34. The average molecular weight is 282 g/mol. The second-order valence-corrected chi connectivity index (χ2v) is 4.78. The van der Waals surface area contributed by atoms with Crippen LogP contribution in [0.2, 0.25) is 0 Å². The Morgan fingerprint density at radius 3 is 2.50 bits per heavy atom. The summed E-state index contributed by atoms with van der Waals surface area (Å²) in [4.78, 5) is 12.1. The minimum Gasteiger partial charge on any atom is -0.497 e. The lowest BCUT2D eigenvalue weighted by Crippen LogP contribution is -2.53. The van der Waals surface area contributed by atoms with Gasteiger partial charge < -0.3 is 24.8 Å². The fourth-order valence-electron chi connectivity index (χ4n) is 2.12. The van der Waals surface area contributed by atoms with Gasteiger partial charge in [0.05, 0.1) is 19.8 Å². The fourth-order valence-corrected chi connectivity index (χ4v) is 2.12. The summed E-state index contributed by atoms with van der Waals surface area (Å²) >= 11 is 0. The van der Waals surface area contributed by atoms with Crippen molar-refractivity contribution in [3.63, 3.8) is 0 Å². The van der Waals surface area contributed by atoms with Gasteiger partial charge >= 0.3 is 0 Å². The summed E-state index contributed by atoms with van der Waals surface area (Å²) in [6.45, 7) is -0.0984. The number of benzene rings is 1. The number of carbonyl (C=O) groups excluding carboxylic acids is 1. The van der Waals surface area contributed by atoms with Gasteiger partial charge in [-0.25, -0.2) is 0 Å². The second kappa shape index (κ2) is 6.32. The van der Waals surface area contributed by atoms with E-state index in [1.807, 2.05) is 0 Å². The third kappa shape index (κ3) is 3.16. The van der Waals surface area contributed by atoms with E-state index >= 15 is 0 Å². The molecular formula is C14H18O6. The number of ketones is 1. The van der Waals surface area contributed by atoms with E-state index in [2.05, 4.69) is 0 Å². The number of aliphatic hydroxyl groups excluding tert-OH is 3. The van der Waals surface area contributed by atoms with E-state index in [9.17, 15) is 20.1 Å². The molecule has 6 heteroatoms. The van der Waals surface area contributed by atoms with Crippen molar-refractivity contribution in [3.8, 4) is 5.75 Å². The van der Waals surface area contributed by atoms with Crippen LogP contribution in [0.4, 0.5) is 0 Å². The van der Waals surface area contributed by atoms with Crippen molar-refractivity contribution < 1.29 is 29.6 Å². The number of aliphatic hydroxyl groups is 3. The maximum absolute atomic E-state index is 12.1. The van der Waals surface area contributed by atoms with Gasteiger partial charge in [0.15, 0.2) is 5.78 Å². The summed E-state index contributed by atoms with van der Waals surface area (Å²) in [6.07, 6.45) is -4.57. The first-order valence-electron chi connectivity index (χ1n) is 6.36. The van der Waals surface area contributed by atoms with E-state index in [4.69, 9.17) is 9.47 Å². The molecule has 1 aliphatic heterocycles. The molecule has 1 aromatic carbocycles. The Labute approximate surface area is 116 Å². The standard InChI is InChI=1S/C14H18O6/c1-19-9-4-2-8(3-5-9)10(15)6-12-14(18)13(17)11(16)7-20-12/h2-5,11-14,16-18H,6-7H2,1H3/t11-,12-,13-,14-/m1/s1. The molecule has 1 fully saturated rings. The number of hydrogen-bond donors (Lipinski definition) is 3. The smallest absolute Gasteiger partial charge is 0.165 e. The molecule has 4 atom stereocenters. The van der Waals surface area contributed by atoms with E-state index < -0.39 is 24.4 Å². The molecule has 0 spiro atoms. The van der Waals surface area contributed by atoms with Gasteiger partial charge in [-0.05, 0) is 24.3 Å². The van der Waals surface area contributed by atoms with Gasteiger partial charge in [0, 0.05) is 12.0 Å². The zero-order valence-corrected chi connectivity index (χ0v) is 11.1. The molecule has 1 heterocycles. The highest BCUT2D eigenvalue weighted by Gasteiger charge is 2.38. The van der Waals surface area contributed by atoms with Crippen LogP contribution in [0.5, 0.6) is 5.75 Å². The van der Waals surface area contributed by atoms with Crippen LogP contribution in [-0.4, -0.2) is 59.2 Å². The molecule has 0 unspecified atom stereocenters. The monoisotopic (exact) mass is 282 g/mol. The molecule has 1 aromatic rings. The fraction of sp³-hybridized carbons (Fsp3) is 0.500. The first-order chi connectivity index (χ1) is 9.52. The molecule has 0 bridgehead atoms. The molecule has 1 saturated heterocycles. The van der Waals surface area contributed by atoms with Gasteiger partial charge in [-0.1, -0.05) is 0 Å². The normalized spacial score (nSPS) is 30.0. The maximum Gasteiger partial charge on any atom is 0.165 e. The van der Waals surface area contributed by atoms with Crippen molar-refractivity contribution in [2.24, 2.45) is 0 Å². The van der Waals surface area contributed by atoms with Crippen LogP contribution in [-0.2, 0) is 4.74 Å². The van der Waals surface area contributed by atoms with Crippen LogP contribution in [0, 0.1) is 0 Å². The molecule has 3 N–H and O–H groups in total. The highest BCUT2D eigenvalue weighted by atomic mass is 16.5. The number of carbonyl (C=O) groups is 1. The lowest BCUT2D eigenvalue weighted by molar-refractivity contribution is -0.185. The number of hydrogen-bond acceptors (Lipinski definition) is 6. The first kappa shape index (κ1) is 14.9. The van der Waals surface area contributed by atoms with Gasteiger partial charge in [-0.3, -0.25) is 4.79 Å². The van der Waals surface area contributed by atoms with Gasteiger partial charge in [-0.15, -0.1) is 0 Å². The van der Waals surface area contributed by atoms with E-state index in [0.717, 1.165) is 0 Å². The summed E-state index contributed by atoms with van der Waals surface area (Å²) in [7, 11) is 1.54. The Hall–Kier alpha value is -1.47. The summed E-state index contributed by atoms with van der Waals surface area (Å²) < 4.78 is 10.2. The van der Waals surface area contributed by atoms with Crippen molar-refractivity contribution in [2.75, 3.05) is 13.7 Å². The van der Waals surface area contributed by atoms with Crippen LogP contribution in [0.3, 0.4) is 0 Å². The van der Waals surface area contributed by atoms with Crippen molar-refractivity contribution in [2.45, 2.75) is 30.8 Å². The minimum atomic E-state index is -1.29. The first-order valence-corrected chi connectivity index (χ1v) is 6.36. The zero-order valence-electron chi connectivity index (χ0n) is 11.1. The Bertz CT molecular complexity index is 457. The number of ether oxygens (including phenoxy) is 2. The molecule has 2 rings (SSSR count). The lowest BCUT2D eigenvalue weighted by atomic mass is 9.94. The summed E-state index contributed by atoms with van der Waals surface area (Å²) in [6, 6.07) is 6.59. The van der Waals surface area contributed by atoms with Crippen LogP contribution >= 0.6 is 0 Å². The zero-order chi connectivity index (χ0) is 14.7. The molecule has 0 aromatic heterocycles. The van der Waals surface area contributed by atoms with Crippen molar-refractivity contribution in [1.82, 2.24) is 0 Å². The quantitative estimate of drug-likeness (QED) is 0.659. The van der Waals surface area contributed by atoms with Crippen molar-refractivity contribution in [1.29, 1.82) is 0 Å². The number of rotatable bonds is 4. The molecule has 0 saturated carbocycles. The Balaban J connectivity index is 2.00. The van der Waals surface area contributed by atoms with Crippen molar-refractivity contribution in [3.05, 3.63) is 29.8 Å². The second-order valence-electron chi connectivity index (χ2n) is 4.78. The molecule has 110 valence electrons. The molecule has 20 heavy (non-hydrogen) atoms. The van der Waals surface area contributed by atoms with Crippen molar-refractivity contribution >= 4 is 5.78 Å². The summed E-state index contributed by atoms with van der Waals surface area (Å²) in [5.74, 6) is 0.439. The van der Waals surface area contributed by atoms with Gasteiger partial charge in [-0.2, -0.15) is 0 Å². The molecule has 0 radical (unpaired) electrons. The van der Waals surface area contributed by atoms with E-state index in [-0.39, 0.29) is 18.8 Å². The van der Waals surface area contributed by atoms with E-state index in [1.165, 1.54) is 7.11 Å². The number of Topliss-reactive ketones (excluding diaryl/α,β-unsaturated/α-hetero) is 1. The Morgan fingerprint density at radius 2 is 1.90 bits per heavy atom. The largest absolute Gasteiger partial charge is 0.497 e. The molecule has 0 aliphatic carbocycles. The third-order valence-corrected chi connectivity index (χ3v) is 3.40. The highest BCUT2D eigenvalue weighted by molar-refractivity contribution is 5.96. The van der Waals surface area contributed by atoms with Crippen LogP contribution in [0.25, 0.3) is 0 Å². The summed E-state index contributed by atoms with van der Waals surface area (Å²) in [5, 5.41) is 28.7. The average Bonchev–Trinajstić information content (AvgIpc) is 2.48. The van der Waals surface area contributed by atoms with Crippen LogP contribution in [0.1, 0.15) is 16.8 Å². The minimum absolute atomic E-state index is 0.0583. The van der Waals surface area contributed by atoms with Crippen LogP contribution in [0.15, 0.2) is 24.3 Å². The predicted molar refractivity (Wildman–Crippen MR) is 69.7 cm³/mol. The Kier molecular flexibility index (Phi) is 4.72. The van der Waals surface area contributed by atoms with Gasteiger partial charge in [0.2, 0.25) is 0 Å². The van der Waals surface area contributed by atoms with Crippen LogP contribution < -0.4 is 4.74 Å². The SMILES string of the molecule is COc1ccc(C(=O)C[C@H]2OC[C@@H](O)[C@@H](O)[C@@H]2O)cc1. The third-order valence-electron chi connectivity index (χ3n) is 3.40. The van der Waals surface area contributed by atoms with Gasteiger partial charge in [0.25, 0.3) is 0 Å². The predicted octanol–water partition coefficient (Wildman–Crippen LogP) is -0.251. The summed E-state index contributed by atoms with van der Waals surface area (Å²) in [5.41, 5.74) is 0.474. The molecule has 0 amide bonds. The number of methoxy groups -OCH3 is 1. The molecule has 1 aliphatic rings. The maximum atomic E-state index is 12.1.